The zero-order valence-corrected chi connectivity index (χ0v) is 25.7. The fourth-order valence-corrected chi connectivity index (χ4v) is 5.57. The van der Waals surface area contributed by atoms with Gasteiger partial charge in [0.25, 0.3) is 0 Å². The highest BCUT2D eigenvalue weighted by atomic mass is 16.5. The van der Waals surface area contributed by atoms with Crippen molar-refractivity contribution in [2.24, 2.45) is 0 Å². The van der Waals surface area contributed by atoms with Crippen LogP contribution in [0.3, 0.4) is 0 Å². The quantitative estimate of drug-likeness (QED) is 0.221. The Morgan fingerprint density at radius 3 is 2.64 bits per heavy atom. The molecule has 1 aliphatic rings. The number of urea groups is 1. The first-order chi connectivity index (χ1) is 21.1. The molecule has 1 aliphatic carbocycles. The molecule has 3 N–H and O–H groups in total. The lowest BCUT2D eigenvalue weighted by Gasteiger charge is -2.32. The molecule has 2 atom stereocenters. The number of aliphatic hydroxyl groups excluding tert-OH is 1. The maximum absolute atomic E-state index is 13.4. The van der Waals surface area contributed by atoms with E-state index in [1.807, 2.05) is 47.0 Å². The number of carbonyl (C=O) groups excluding carboxylic acids is 1. The molecule has 0 radical (unpaired) electrons. The largest absolute Gasteiger partial charge is 0.484 e. The average Bonchev–Trinajstić information content (AvgIpc) is 3.73. The molecule has 4 heterocycles. The third-order valence-corrected chi connectivity index (χ3v) is 7.85. The Balaban J connectivity index is 1.20. The number of hydrogen-bond acceptors (Lipinski definition) is 7. The van der Waals surface area contributed by atoms with Crippen LogP contribution in [-0.2, 0) is 12.0 Å². The van der Waals surface area contributed by atoms with E-state index in [0.29, 0.717) is 24.5 Å². The molecule has 12 nitrogen and oxygen atoms in total. The molecular formula is C32H39N9O3. The van der Waals surface area contributed by atoms with Gasteiger partial charge in [-0.2, -0.15) is 10.2 Å². The van der Waals surface area contributed by atoms with Gasteiger partial charge in [-0.3, -0.25) is 14.4 Å². The molecule has 0 saturated heterocycles. The smallest absolute Gasteiger partial charge is 0.320 e. The van der Waals surface area contributed by atoms with Gasteiger partial charge in [0.2, 0.25) is 0 Å². The van der Waals surface area contributed by atoms with Gasteiger partial charge in [0.15, 0.2) is 5.65 Å². The number of carbonyl (C=O) groups is 1. The summed E-state index contributed by atoms with van der Waals surface area (Å²) >= 11 is 0. The normalized spacial score (nSPS) is 16.7. The van der Waals surface area contributed by atoms with Crippen LogP contribution in [0, 0.1) is 0 Å². The Morgan fingerprint density at radius 1 is 1.09 bits per heavy atom. The number of anilines is 1. The number of aliphatic hydroxyl groups is 1. The van der Waals surface area contributed by atoms with E-state index in [9.17, 15) is 9.90 Å². The van der Waals surface area contributed by atoms with Gasteiger partial charge in [-0.1, -0.05) is 58.9 Å². The summed E-state index contributed by atoms with van der Waals surface area (Å²) in [5.41, 5.74) is 4.16. The number of rotatable bonds is 8. The Morgan fingerprint density at radius 2 is 1.89 bits per heavy atom. The molecule has 2 amide bonds. The lowest BCUT2D eigenvalue weighted by molar-refractivity contribution is 0.171. The summed E-state index contributed by atoms with van der Waals surface area (Å²) in [5.74, 6) is 2.40. The molecular weight excluding hydrogens is 558 g/mol. The standard InChI is InChI=1S/C32H39N9O3/c1-20(2)30-37-36-28-13-10-22(19-40(28)30)44-26-12-11-25(23-8-6-7-9-24(23)26)34-31(43)35-29-16-27(32(3,4)5)38-41(29)21-17-33-39(18-21)14-15-42/h6-10,13,16-20,25-26,42H,11-12,14-15H2,1-5H3,(H2,34,35,43)/t25-,26+/m0/s1. The van der Waals surface area contributed by atoms with Crippen molar-refractivity contribution in [3.8, 4) is 11.4 Å². The van der Waals surface area contributed by atoms with Crippen LogP contribution in [0.25, 0.3) is 11.3 Å². The van der Waals surface area contributed by atoms with Crippen LogP contribution in [0.2, 0.25) is 0 Å². The van der Waals surface area contributed by atoms with Crippen molar-refractivity contribution >= 4 is 17.5 Å². The molecule has 5 aromatic rings. The second kappa shape index (κ2) is 11.8. The van der Waals surface area contributed by atoms with Crippen LogP contribution in [0.5, 0.6) is 5.75 Å². The second-order valence-electron chi connectivity index (χ2n) is 12.5. The Bertz CT molecular complexity index is 1780. The highest BCUT2D eigenvalue weighted by Crippen LogP contribution is 2.39. The van der Waals surface area contributed by atoms with Crippen molar-refractivity contribution in [3.05, 3.63) is 83.7 Å². The van der Waals surface area contributed by atoms with E-state index in [1.54, 1.807) is 21.8 Å². The van der Waals surface area contributed by atoms with Crippen LogP contribution in [-0.4, -0.2) is 51.9 Å². The predicted octanol–water partition coefficient (Wildman–Crippen LogP) is 5.30. The first kappa shape index (κ1) is 29.4. The zero-order chi connectivity index (χ0) is 31.0. The number of pyridine rings is 1. The van der Waals surface area contributed by atoms with Crippen LogP contribution < -0.4 is 15.4 Å². The Hall–Kier alpha value is -4.71. The number of fused-ring (bicyclic) bond motifs is 2. The third kappa shape index (κ3) is 5.89. The van der Waals surface area contributed by atoms with Gasteiger partial charge in [-0.05, 0) is 36.1 Å². The van der Waals surface area contributed by atoms with Gasteiger partial charge in [-0.25, -0.2) is 9.48 Å². The molecule has 0 aliphatic heterocycles. The Labute approximate surface area is 256 Å². The van der Waals surface area contributed by atoms with E-state index in [-0.39, 0.29) is 36.1 Å². The Kier molecular flexibility index (Phi) is 7.85. The van der Waals surface area contributed by atoms with Crippen molar-refractivity contribution in [3.63, 3.8) is 0 Å². The lowest BCUT2D eigenvalue weighted by Crippen LogP contribution is -2.36. The topological polar surface area (TPSA) is 136 Å². The predicted molar refractivity (Wildman–Crippen MR) is 166 cm³/mol. The summed E-state index contributed by atoms with van der Waals surface area (Å²) < 4.78 is 11.8. The first-order valence-electron chi connectivity index (χ1n) is 15.0. The summed E-state index contributed by atoms with van der Waals surface area (Å²) in [7, 11) is 0. The molecule has 0 unspecified atom stereocenters. The fraction of sp³-hybridized carbons (Fsp3) is 0.406. The van der Waals surface area contributed by atoms with Crippen LogP contribution in [0.15, 0.2) is 61.1 Å². The number of benzene rings is 1. The van der Waals surface area contributed by atoms with Gasteiger partial charge in [0.05, 0.1) is 43.5 Å². The summed E-state index contributed by atoms with van der Waals surface area (Å²) in [6.45, 7) is 10.8. The van der Waals surface area contributed by atoms with E-state index in [1.165, 1.54) is 0 Å². The molecule has 0 bridgehead atoms. The van der Waals surface area contributed by atoms with E-state index < -0.39 is 0 Å². The van der Waals surface area contributed by atoms with Gasteiger partial charge in [0, 0.05) is 17.4 Å². The molecule has 12 heteroatoms. The monoisotopic (exact) mass is 597 g/mol. The minimum Gasteiger partial charge on any atom is -0.484 e. The van der Waals surface area contributed by atoms with Crippen molar-refractivity contribution in [2.75, 3.05) is 11.9 Å². The molecule has 44 heavy (non-hydrogen) atoms. The summed E-state index contributed by atoms with van der Waals surface area (Å²) in [6, 6.07) is 13.3. The third-order valence-electron chi connectivity index (χ3n) is 7.85. The molecule has 230 valence electrons. The highest BCUT2D eigenvalue weighted by molar-refractivity contribution is 5.89. The number of ether oxygens (including phenoxy) is 1. The van der Waals surface area contributed by atoms with Crippen molar-refractivity contribution < 1.29 is 14.6 Å². The number of nitrogens with one attached hydrogen (secondary N) is 2. The van der Waals surface area contributed by atoms with Gasteiger partial charge in [-0.15, -0.1) is 10.2 Å². The van der Waals surface area contributed by atoms with E-state index in [2.05, 4.69) is 66.6 Å². The molecule has 1 aromatic carbocycles. The number of hydrogen-bond donors (Lipinski definition) is 3. The van der Waals surface area contributed by atoms with E-state index in [4.69, 9.17) is 9.84 Å². The maximum Gasteiger partial charge on any atom is 0.320 e. The summed E-state index contributed by atoms with van der Waals surface area (Å²) in [5, 5.41) is 33.2. The van der Waals surface area contributed by atoms with Gasteiger partial charge >= 0.3 is 6.03 Å². The summed E-state index contributed by atoms with van der Waals surface area (Å²) in [4.78, 5) is 13.4. The molecule has 6 rings (SSSR count). The van der Waals surface area contributed by atoms with Crippen LogP contribution in [0.4, 0.5) is 10.6 Å². The van der Waals surface area contributed by atoms with Crippen LogP contribution >= 0.6 is 0 Å². The zero-order valence-electron chi connectivity index (χ0n) is 25.7. The van der Waals surface area contributed by atoms with Crippen LogP contribution in [0.1, 0.15) is 88.2 Å². The van der Waals surface area contributed by atoms with Crippen molar-refractivity contribution in [1.29, 1.82) is 0 Å². The summed E-state index contributed by atoms with van der Waals surface area (Å²) in [6.07, 6.45) is 6.70. The number of nitrogens with zero attached hydrogens (tertiary/aromatic N) is 7. The molecule has 4 aromatic heterocycles. The maximum atomic E-state index is 13.4. The van der Waals surface area contributed by atoms with E-state index >= 15 is 0 Å². The highest BCUT2D eigenvalue weighted by Gasteiger charge is 2.30. The minimum atomic E-state index is -0.326. The number of amides is 2. The fourth-order valence-electron chi connectivity index (χ4n) is 5.57. The van der Waals surface area contributed by atoms with Crippen molar-refractivity contribution in [2.45, 2.75) is 77.5 Å². The average molecular weight is 598 g/mol. The second-order valence-corrected chi connectivity index (χ2v) is 12.5. The molecule has 0 fully saturated rings. The first-order valence-corrected chi connectivity index (χ1v) is 15.0. The SMILES string of the molecule is CC(C)c1nnc2ccc(O[C@@H]3CC[C@H](NC(=O)Nc4cc(C(C)(C)C)nn4-c4cnn(CCO)c4)c4ccccc43)cn12. The molecule has 0 saturated carbocycles. The van der Waals surface area contributed by atoms with Gasteiger partial charge < -0.3 is 15.2 Å². The number of aromatic nitrogens is 7. The lowest BCUT2D eigenvalue weighted by atomic mass is 9.85. The van der Waals surface area contributed by atoms with E-state index in [0.717, 1.165) is 40.5 Å². The van der Waals surface area contributed by atoms with Gasteiger partial charge in [0.1, 0.15) is 29.2 Å². The minimum absolute atomic E-state index is 0.0217. The van der Waals surface area contributed by atoms with Crippen molar-refractivity contribution in [1.82, 2.24) is 39.5 Å². The molecule has 0 spiro atoms.